The fourth-order valence-corrected chi connectivity index (χ4v) is 1.60. The van der Waals surface area contributed by atoms with Crippen LogP contribution in [0.15, 0.2) is 18.2 Å². The van der Waals surface area contributed by atoms with Gasteiger partial charge < -0.3 is 20.3 Å². The molecule has 6 heteroatoms. The summed E-state index contributed by atoms with van der Waals surface area (Å²) in [5.74, 6) is -1.35. The van der Waals surface area contributed by atoms with Crippen molar-refractivity contribution in [3.63, 3.8) is 0 Å². The van der Waals surface area contributed by atoms with Crippen molar-refractivity contribution in [2.75, 3.05) is 6.61 Å². The third-order valence-electron chi connectivity index (χ3n) is 2.44. The lowest BCUT2D eigenvalue weighted by atomic mass is 10.0. The third kappa shape index (κ3) is 2.47. The van der Waals surface area contributed by atoms with Gasteiger partial charge in [-0.1, -0.05) is 6.07 Å². The van der Waals surface area contributed by atoms with Gasteiger partial charge in [-0.05, 0) is 17.7 Å². The molecule has 1 aliphatic rings. The fourth-order valence-electron chi connectivity index (χ4n) is 1.60. The number of cyclic esters (lactones) is 1. The second kappa shape index (κ2) is 4.32. The Kier molecular flexibility index (Phi) is 2.86. The summed E-state index contributed by atoms with van der Waals surface area (Å²) in [5, 5.41) is 20.9. The number of phenols is 2. The average Bonchev–Trinajstić information content (AvgIpc) is 2.29. The molecule has 0 bridgehead atoms. The van der Waals surface area contributed by atoms with Crippen molar-refractivity contribution >= 4 is 11.9 Å². The Balaban J connectivity index is 2.11. The van der Waals surface area contributed by atoms with Crippen molar-refractivity contribution in [3.05, 3.63) is 23.8 Å². The summed E-state index contributed by atoms with van der Waals surface area (Å²) in [6.45, 7) is -0.254. The van der Waals surface area contributed by atoms with Crippen LogP contribution in [0.2, 0.25) is 0 Å². The van der Waals surface area contributed by atoms with E-state index in [0.29, 0.717) is 5.56 Å². The number of rotatable bonds is 2. The number of ether oxygens (including phenoxy) is 1. The van der Waals surface area contributed by atoms with E-state index in [-0.39, 0.29) is 30.4 Å². The zero-order valence-corrected chi connectivity index (χ0v) is 8.84. The normalized spacial score (nSPS) is 19.6. The minimum absolute atomic E-state index is 0.207. The van der Waals surface area contributed by atoms with E-state index in [1.54, 1.807) is 6.07 Å². The number of hydrogen-bond acceptors (Lipinski definition) is 5. The minimum Gasteiger partial charge on any atom is -0.504 e. The molecular formula is C11H11NO5. The molecule has 1 heterocycles. The first-order valence-electron chi connectivity index (χ1n) is 5.03. The Hall–Kier alpha value is -2.24. The topological polar surface area (TPSA) is 95.9 Å². The number of benzene rings is 1. The van der Waals surface area contributed by atoms with Gasteiger partial charge in [0.1, 0.15) is 6.04 Å². The van der Waals surface area contributed by atoms with Gasteiger partial charge in [-0.2, -0.15) is 0 Å². The highest BCUT2D eigenvalue weighted by Crippen LogP contribution is 2.25. The predicted molar refractivity (Wildman–Crippen MR) is 56.4 cm³/mol. The summed E-state index contributed by atoms with van der Waals surface area (Å²) in [6.07, 6.45) is 0.207. The zero-order valence-electron chi connectivity index (χ0n) is 8.84. The minimum atomic E-state index is -0.750. The van der Waals surface area contributed by atoms with Crippen LogP contribution >= 0.6 is 0 Å². The van der Waals surface area contributed by atoms with E-state index < -0.39 is 12.0 Å². The Morgan fingerprint density at radius 2 is 2.06 bits per heavy atom. The molecule has 0 aromatic heterocycles. The van der Waals surface area contributed by atoms with Crippen molar-refractivity contribution in [1.29, 1.82) is 0 Å². The van der Waals surface area contributed by atoms with Crippen LogP contribution in [0.4, 0.5) is 0 Å². The Morgan fingerprint density at radius 3 is 2.76 bits per heavy atom. The molecule has 0 aliphatic carbocycles. The smallest absolute Gasteiger partial charge is 0.329 e. The van der Waals surface area contributed by atoms with E-state index in [9.17, 15) is 14.7 Å². The highest BCUT2D eigenvalue weighted by Gasteiger charge is 2.28. The summed E-state index contributed by atoms with van der Waals surface area (Å²) < 4.78 is 4.67. The third-order valence-corrected chi connectivity index (χ3v) is 2.44. The molecule has 1 amide bonds. The highest BCUT2D eigenvalue weighted by molar-refractivity contribution is 5.90. The maximum atomic E-state index is 11.3. The molecule has 6 nitrogen and oxygen atoms in total. The van der Waals surface area contributed by atoms with Crippen molar-refractivity contribution in [3.8, 4) is 11.5 Å². The molecule has 1 atom stereocenters. The maximum Gasteiger partial charge on any atom is 0.329 e. The number of morpholine rings is 1. The average molecular weight is 237 g/mol. The number of carbonyl (C=O) groups is 2. The number of nitrogens with one attached hydrogen (secondary N) is 1. The predicted octanol–water partition coefficient (Wildman–Crippen LogP) is -0.318. The highest BCUT2D eigenvalue weighted by atomic mass is 16.5. The van der Waals surface area contributed by atoms with Gasteiger partial charge in [-0.3, -0.25) is 4.79 Å². The number of amides is 1. The van der Waals surface area contributed by atoms with Gasteiger partial charge in [0, 0.05) is 6.42 Å². The van der Waals surface area contributed by atoms with Crippen molar-refractivity contribution < 1.29 is 24.5 Å². The number of carbonyl (C=O) groups excluding carboxylic acids is 2. The summed E-state index contributed by atoms with van der Waals surface area (Å²) in [7, 11) is 0. The van der Waals surface area contributed by atoms with Crippen LogP contribution < -0.4 is 5.32 Å². The van der Waals surface area contributed by atoms with E-state index in [0.717, 1.165) is 0 Å². The first kappa shape index (κ1) is 11.3. The number of phenolic OH excluding ortho intramolecular Hbond substituents is 2. The van der Waals surface area contributed by atoms with Crippen LogP contribution in [0, 0.1) is 0 Å². The monoisotopic (exact) mass is 237 g/mol. The van der Waals surface area contributed by atoms with Crippen molar-refractivity contribution in [1.82, 2.24) is 5.32 Å². The number of aromatic hydroxyl groups is 2. The van der Waals surface area contributed by atoms with Crippen LogP contribution in [0.3, 0.4) is 0 Å². The van der Waals surface area contributed by atoms with E-state index in [4.69, 9.17) is 5.11 Å². The molecule has 1 aliphatic heterocycles. The molecule has 0 spiro atoms. The van der Waals surface area contributed by atoms with Gasteiger partial charge in [-0.15, -0.1) is 0 Å². The first-order chi connectivity index (χ1) is 8.06. The molecule has 1 fully saturated rings. The van der Waals surface area contributed by atoms with Gasteiger partial charge in [0.25, 0.3) is 5.91 Å². The van der Waals surface area contributed by atoms with Crippen molar-refractivity contribution in [2.45, 2.75) is 12.5 Å². The first-order valence-corrected chi connectivity index (χ1v) is 5.03. The van der Waals surface area contributed by atoms with Crippen LogP contribution in [0.1, 0.15) is 5.56 Å². The molecule has 90 valence electrons. The quantitative estimate of drug-likeness (QED) is 0.484. The molecular weight excluding hydrogens is 226 g/mol. The molecule has 0 saturated carbocycles. The zero-order chi connectivity index (χ0) is 12.4. The van der Waals surface area contributed by atoms with Gasteiger partial charge in [0.2, 0.25) is 0 Å². The largest absolute Gasteiger partial charge is 0.504 e. The molecule has 0 unspecified atom stereocenters. The molecule has 1 aromatic rings. The molecule has 2 rings (SSSR count). The summed E-state index contributed by atoms with van der Waals surface area (Å²) >= 11 is 0. The van der Waals surface area contributed by atoms with Gasteiger partial charge in [0.15, 0.2) is 18.1 Å². The fraction of sp³-hybridized carbons (Fsp3) is 0.273. The summed E-state index contributed by atoms with van der Waals surface area (Å²) in [6, 6.07) is 3.47. The van der Waals surface area contributed by atoms with Crippen molar-refractivity contribution in [2.24, 2.45) is 0 Å². The summed E-state index contributed by atoms with van der Waals surface area (Å²) in [5.41, 5.74) is 0.615. The number of esters is 1. The number of hydrogen-bond donors (Lipinski definition) is 3. The molecule has 1 aromatic carbocycles. The van der Waals surface area contributed by atoms with Crippen LogP contribution in [-0.4, -0.2) is 34.7 Å². The van der Waals surface area contributed by atoms with Crippen LogP contribution in [-0.2, 0) is 20.7 Å². The SMILES string of the molecule is O=C1COC(=O)[C@H](Cc2ccc(O)c(O)c2)N1. The van der Waals surface area contributed by atoms with E-state index in [2.05, 4.69) is 10.1 Å². The standard InChI is InChI=1S/C11H11NO5/c13-8-2-1-6(4-9(8)14)3-7-11(16)17-5-10(15)12-7/h1-2,4,7,13-14H,3,5H2,(H,12,15)/t7-/m0/s1. The maximum absolute atomic E-state index is 11.3. The lowest BCUT2D eigenvalue weighted by molar-refractivity contribution is -0.157. The second-order valence-electron chi connectivity index (χ2n) is 3.76. The van der Waals surface area contributed by atoms with Crippen LogP contribution in [0.5, 0.6) is 11.5 Å². The van der Waals surface area contributed by atoms with Gasteiger partial charge >= 0.3 is 5.97 Å². The molecule has 17 heavy (non-hydrogen) atoms. The lowest BCUT2D eigenvalue weighted by Crippen LogP contribution is -2.50. The van der Waals surface area contributed by atoms with Gasteiger partial charge in [0.05, 0.1) is 0 Å². The van der Waals surface area contributed by atoms with Gasteiger partial charge in [-0.25, -0.2) is 4.79 Å². The lowest BCUT2D eigenvalue weighted by Gasteiger charge is -2.22. The molecule has 1 saturated heterocycles. The van der Waals surface area contributed by atoms with E-state index >= 15 is 0 Å². The Labute approximate surface area is 96.8 Å². The molecule has 3 N–H and O–H groups in total. The second-order valence-corrected chi connectivity index (χ2v) is 3.76. The van der Waals surface area contributed by atoms with E-state index in [1.807, 2.05) is 0 Å². The van der Waals surface area contributed by atoms with Crippen LogP contribution in [0.25, 0.3) is 0 Å². The van der Waals surface area contributed by atoms with E-state index in [1.165, 1.54) is 12.1 Å². The Bertz CT molecular complexity index is 471. The summed E-state index contributed by atoms with van der Waals surface area (Å²) in [4.78, 5) is 22.4. The molecule has 0 radical (unpaired) electrons. The Morgan fingerprint density at radius 1 is 1.29 bits per heavy atom.